The summed E-state index contributed by atoms with van der Waals surface area (Å²) in [6.45, 7) is 0.461. The van der Waals surface area contributed by atoms with Crippen molar-refractivity contribution in [1.29, 1.82) is 0 Å². The molecule has 1 aromatic carbocycles. The Morgan fingerprint density at radius 2 is 1.92 bits per heavy atom. The topological polar surface area (TPSA) is 69.3 Å². The number of benzene rings is 1. The maximum atomic E-state index is 13.1. The molecule has 1 fully saturated rings. The van der Waals surface area contributed by atoms with Gasteiger partial charge in [0.1, 0.15) is 4.47 Å². The molecule has 0 saturated carbocycles. The lowest BCUT2D eigenvalue weighted by atomic mass is 10.1. The number of nitrogens with zero attached hydrogens (tertiary/aromatic N) is 3. The van der Waals surface area contributed by atoms with Crippen LogP contribution in [0.25, 0.3) is 0 Å². The highest BCUT2D eigenvalue weighted by Crippen LogP contribution is 2.32. The van der Waals surface area contributed by atoms with Crippen LogP contribution in [0.2, 0.25) is 0 Å². The van der Waals surface area contributed by atoms with Gasteiger partial charge in [-0.25, -0.2) is 5.10 Å². The number of halogens is 4. The Morgan fingerprint density at radius 3 is 2.62 bits per heavy atom. The van der Waals surface area contributed by atoms with Crippen LogP contribution in [0, 0.1) is 0 Å². The Bertz CT molecular complexity index is 884. The van der Waals surface area contributed by atoms with Crippen molar-refractivity contribution < 1.29 is 18.0 Å². The van der Waals surface area contributed by atoms with Crippen molar-refractivity contribution in [2.75, 3.05) is 24.5 Å². The van der Waals surface area contributed by atoms with Crippen LogP contribution in [0.1, 0.15) is 11.1 Å². The van der Waals surface area contributed by atoms with Crippen molar-refractivity contribution in [2.45, 2.75) is 12.7 Å². The predicted octanol–water partition coefficient (Wildman–Crippen LogP) is 2.40. The van der Waals surface area contributed by atoms with Crippen LogP contribution in [0.5, 0.6) is 0 Å². The Labute approximate surface area is 154 Å². The fourth-order valence-corrected chi connectivity index (χ4v) is 3.26. The quantitative estimate of drug-likeness (QED) is 0.811. The Hall–Kier alpha value is -2.36. The van der Waals surface area contributed by atoms with E-state index in [1.54, 1.807) is 4.90 Å². The third-order valence-electron chi connectivity index (χ3n) is 4.12. The van der Waals surface area contributed by atoms with E-state index in [0.717, 1.165) is 6.07 Å². The van der Waals surface area contributed by atoms with Gasteiger partial charge in [-0.2, -0.15) is 18.3 Å². The van der Waals surface area contributed by atoms with Crippen molar-refractivity contribution in [3.8, 4) is 0 Å². The number of aromatic nitrogens is 2. The first-order valence-corrected chi connectivity index (χ1v) is 8.47. The lowest BCUT2D eigenvalue weighted by Gasteiger charge is -2.36. The summed E-state index contributed by atoms with van der Waals surface area (Å²) in [5.74, 6) is -0.319. The van der Waals surface area contributed by atoms with E-state index in [9.17, 15) is 22.8 Å². The first kappa shape index (κ1) is 18.4. The van der Waals surface area contributed by atoms with E-state index in [1.165, 1.54) is 29.3 Å². The average Bonchev–Trinajstić information content (AvgIpc) is 2.59. The highest BCUT2D eigenvalue weighted by molar-refractivity contribution is 9.10. The van der Waals surface area contributed by atoms with Crippen LogP contribution >= 0.6 is 15.9 Å². The van der Waals surface area contributed by atoms with Crippen molar-refractivity contribution in [3.05, 3.63) is 56.4 Å². The van der Waals surface area contributed by atoms with Crippen LogP contribution in [0.15, 0.2) is 39.7 Å². The molecule has 1 N–H and O–H groups in total. The van der Waals surface area contributed by atoms with Gasteiger partial charge < -0.3 is 9.80 Å². The van der Waals surface area contributed by atoms with Crippen molar-refractivity contribution in [1.82, 2.24) is 15.1 Å². The van der Waals surface area contributed by atoms with Crippen LogP contribution < -0.4 is 10.5 Å². The van der Waals surface area contributed by atoms with E-state index in [0.29, 0.717) is 12.2 Å². The highest BCUT2D eigenvalue weighted by Gasteiger charge is 2.34. The zero-order valence-corrected chi connectivity index (χ0v) is 15.0. The molecule has 0 bridgehead atoms. The number of H-pyrrole nitrogens is 1. The number of nitrogens with one attached hydrogen (secondary N) is 1. The largest absolute Gasteiger partial charge is 0.416 e. The molecule has 138 valence electrons. The number of alkyl halides is 3. The van der Waals surface area contributed by atoms with E-state index < -0.39 is 17.3 Å². The molecule has 1 saturated heterocycles. The van der Waals surface area contributed by atoms with Crippen LogP contribution in [-0.4, -0.2) is 40.6 Å². The minimum atomic E-state index is -4.47. The van der Waals surface area contributed by atoms with Crippen LogP contribution in [0.4, 0.5) is 18.9 Å². The second-order valence-corrected chi connectivity index (χ2v) is 6.58. The lowest BCUT2D eigenvalue weighted by molar-refractivity contribution is -0.140. The van der Waals surface area contributed by atoms with Crippen molar-refractivity contribution in [3.63, 3.8) is 0 Å². The standard InChI is InChI=1S/C16H14BrF3N4O2/c17-14-12(7-21-22-15(14)26)23-5-6-24(13(25)9-23)8-10-3-1-2-4-11(10)16(18,19)20/h1-4,7H,5-6,8-9H2,(H,22,26). The minimum Gasteiger partial charge on any atom is -0.358 e. The van der Waals surface area contributed by atoms with Gasteiger partial charge in [0.2, 0.25) is 5.91 Å². The number of hydrogen-bond acceptors (Lipinski definition) is 4. The number of carbonyl (C=O) groups excluding carboxylic acids is 1. The first-order chi connectivity index (χ1) is 12.3. The molecule has 26 heavy (non-hydrogen) atoms. The second-order valence-electron chi connectivity index (χ2n) is 5.79. The van der Waals surface area contributed by atoms with E-state index in [4.69, 9.17) is 0 Å². The second kappa shape index (κ2) is 7.10. The third-order valence-corrected chi connectivity index (χ3v) is 4.89. The van der Waals surface area contributed by atoms with Gasteiger partial charge in [-0.3, -0.25) is 9.59 Å². The molecule has 0 unspecified atom stereocenters. The maximum absolute atomic E-state index is 13.1. The fraction of sp³-hybridized carbons (Fsp3) is 0.312. The third kappa shape index (κ3) is 3.74. The number of hydrogen-bond donors (Lipinski definition) is 1. The normalized spacial score (nSPS) is 15.5. The monoisotopic (exact) mass is 430 g/mol. The Kier molecular flexibility index (Phi) is 5.03. The molecule has 6 nitrogen and oxygen atoms in total. The molecule has 0 atom stereocenters. The molecule has 1 aliphatic rings. The van der Waals surface area contributed by atoms with E-state index in [2.05, 4.69) is 26.1 Å². The molecule has 2 heterocycles. The van der Waals surface area contributed by atoms with E-state index in [1.807, 2.05) is 0 Å². The number of amides is 1. The first-order valence-electron chi connectivity index (χ1n) is 7.68. The zero-order chi connectivity index (χ0) is 18.9. The summed E-state index contributed by atoms with van der Waals surface area (Å²) in [6.07, 6.45) is -3.05. The molecule has 2 aromatic rings. The molecule has 0 aliphatic carbocycles. The molecule has 10 heteroatoms. The highest BCUT2D eigenvalue weighted by atomic mass is 79.9. The number of piperazine rings is 1. The van der Waals surface area contributed by atoms with Gasteiger partial charge in [0.15, 0.2) is 0 Å². The smallest absolute Gasteiger partial charge is 0.358 e. The van der Waals surface area contributed by atoms with Gasteiger partial charge in [0, 0.05) is 19.6 Å². The number of rotatable bonds is 3. The molecule has 3 rings (SSSR count). The van der Waals surface area contributed by atoms with E-state index in [-0.39, 0.29) is 35.6 Å². The molecule has 1 aliphatic heterocycles. The molecular weight excluding hydrogens is 417 g/mol. The van der Waals surface area contributed by atoms with Gasteiger partial charge in [0.05, 0.1) is 24.0 Å². The summed E-state index contributed by atoms with van der Waals surface area (Å²) in [6, 6.07) is 5.22. The number of anilines is 1. The molecular formula is C16H14BrF3N4O2. The predicted molar refractivity (Wildman–Crippen MR) is 91.6 cm³/mol. The SMILES string of the molecule is O=C1CN(c2cn[nH]c(=O)c2Br)CCN1Cc1ccccc1C(F)(F)F. The molecule has 0 spiro atoms. The van der Waals surface area contributed by atoms with Crippen LogP contribution in [0.3, 0.4) is 0 Å². The van der Waals surface area contributed by atoms with Gasteiger partial charge >= 0.3 is 6.18 Å². The lowest BCUT2D eigenvalue weighted by Crippen LogP contribution is -2.50. The zero-order valence-electron chi connectivity index (χ0n) is 13.4. The summed E-state index contributed by atoms with van der Waals surface area (Å²) in [7, 11) is 0. The Morgan fingerprint density at radius 1 is 1.19 bits per heavy atom. The average molecular weight is 431 g/mol. The summed E-state index contributed by atoms with van der Waals surface area (Å²) < 4.78 is 39.6. The minimum absolute atomic E-state index is 0.0437. The maximum Gasteiger partial charge on any atom is 0.416 e. The van der Waals surface area contributed by atoms with Gasteiger partial charge in [-0.1, -0.05) is 18.2 Å². The summed E-state index contributed by atoms with van der Waals surface area (Å²) in [4.78, 5) is 27.1. The summed E-state index contributed by atoms with van der Waals surface area (Å²) in [5, 5.41) is 5.98. The molecule has 1 aromatic heterocycles. The molecule has 0 radical (unpaired) electrons. The van der Waals surface area contributed by atoms with Crippen LogP contribution in [-0.2, 0) is 17.5 Å². The molecule has 1 amide bonds. The number of aromatic amines is 1. The summed E-state index contributed by atoms with van der Waals surface area (Å²) in [5.41, 5.74) is -0.633. The summed E-state index contributed by atoms with van der Waals surface area (Å²) >= 11 is 3.16. The van der Waals surface area contributed by atoms with Gasteiger partial charge in [-0.05, 0) is 27.6 Å². The van der Waals surface area contributed by atoms with Crippen molar-refractivity contribution >= 4 is 27.5 Å². The fourth-order valence-electron chi connectivity index (χ4n) is 2.82. The number of carbonyl (C=O) groups is 1. The van der Waals surface area contributed by atoms with Gasteiger partial charge in [-0.15, -0.1) is 0 Å². The van der Waals surface area contributed by atoms with Gasteiger partial charge in [0.25, 0.3) is 5.56 Å². The van der Waals surface area contributed by atoms with E-state index >= 15 is 0 Å². The van der Waals surface area contributed by atoms with Crippen molar-refractivity contribution in [2.24, 2.45) is 0 Å². The Balaban J connectivity index is 1.76.